The fraction of sp³-hybridized carbons (Fsp3) is 0. The molecule has 5 nitrogen and oxygen atoms in total. The Bertz CT molecular complexity index is 2470. The lowest BCUT2D eigenvalue weighted by atomic mass is 10.1. The van der Waals surface area contributed by atoms with Gasteiger partial charge in [-0.15, -0.1) is 0 Å². The molecule has 8 rings (SSSR count). The molecular weight excluding hydrogens is 611 g/mol. The molecule has 0 amide bonds. The monoisotopic (exact) mass is 643 g/mol. The number of hydrogen-bond acceptors (Lipinski definition) is 4. The van der Waals surface area contributed by atoms with Crippen LogP contribution < -0.4 is 4.90 Å². The van der Waals surface area contributed by atoms with Gasteiger partial charge in [-0.1, -0.05) is 121 Å². The minimum atomic E-state index is 0.576. The van der Waals surface area contributed by atoms with E-state index in [1.165, 1.54) is 17.0 Å². The molecule has 0 aliphatic heterocycles. The highest BCUT2D eigenvalue weighted by Crippen LogP contribution is 2.38. The normalized spacial score (nSPS) is 11.7. The van der Waals surface area contributed by atoms with E-state index >= 15 is 0 Å². The predicted octanol–water partition coefficient (Wildman–Crippen LogP) is 11.4. The Morgan fingerprint density at radius 3 is 2.06 bits per heavy atom. The summed E-state index contributed by atoms with van der Waals surface area (Å²) in [4.78, 5) is 11.9. The van der Waals surface area contributed by atoms with E-state index in [2.05, 4.69) is 124 Å². The lowest BCUT2D eigenvalue weighted by molar-refractivity contribution is 1.10. The van der Waals surface area contributed by atoms with Gasteiger partial charge in [-0.05, 0) is 71.6 Å². The molecule has 0 saturated carbocycles. The summed E-state index contributed by atoms with van der Waals surface area (Å²) in [6, 6.07) is 60.4. The molecule has 8 aromatic rings. The van der Waals surface area contributed by atoms with E-state index in [1.807, 2.05) is 72.8 Å². The molecule has 0 spiro atoms. The van der Waals surface area contributed by atoms with Crippen LogP contribution in [0.5, 0.6) is 0 Å². The van der Waals surface area contributed by atoms with Gasteiger partial charge in [-0.3, -0.25) is 9.56 Å². The largest absolute Gasteiger partial charge is 0.310 e. The van der Waals surface area contributed by atoms with Crippen molar-refractivity contribution in [2.24, 2.45) is 4.99 Å². The molecule has 0 radical (unpaired) electrons. The molecule has 7 aromatic carbocycles. The summed E-state index contributed by atoms with van der Waals surface area (Å²) in [7, 11) is 0. The molecule has 1 N–H and O–H groups in total. The first-order chi connectivity index (χ1) is 24.8. The van der Waals surface area contributed by atoms with E-state index in [0.29, 0.717) is 5.71 Å². The quantitative estimate of drug-likeness (QED) is 0.159. The van der Waals surface area contributed by atoms with Gasteiger partial charge < -0.3 is 10.3 Å². The van der Waals surface area contributed by atoms with Gasteiger partial charge in [-0.25, -0.2) is 4.98 Å². The highest BCUT2D eigenvalue weighted by Gasteiger charge is 2.16. The van der Waals surface area contributed by atoms with Crippen LogP contribution in [0, 0.1) is 5.41 Å². The number of nitrogens with one attached hydrogen (secondary N) is 1. The van der Waals surface area contributed by atoms with Crippen molar-refractivity contribution in [2.75, 3.05) is 4.90 Å². The van der Waals surface area contributed by atoms with E-state index in [9.17, 15) is 0 Å². The Kier molecular flexibility index (Phi) is 8.36. The number of para-hydroxylation sites is 4. The van der Waals surface area contributed by atoms with Crippen molar-refractivity contribution >= 4 is 56.9 Å². The molecule has 0 atom stereocenters. The number of anilines is 3. The second kappa shape index (κ2) is 13.7. The maximum atomic E-state index is 8.10. The number of aliphatic imine (C=N–C) groups is 1. The SMILES string of the molecule is N=C/C(=N\C=C\c1ccc(N(c2ccccc2)c2cccc3ccccc23)cc1)c1ccc(-c2nc3ccccc3n2-c2ccccc2)cc1. The highest BCUT2D eigenvalue weighted by atomic mass is 15.1. The molecule has 1 aromatic heterocycles. The lowest BCUT2D eigenvalue weighted by Crippen LogP contribution is -2.10. The van der Waals surface area contributed by atoms with Crippen molar-refractivity contribution in [3.63, 3.8) is 0 Å². The Morgan fingerprint density at radius 2 is 1.28 bits per heavy atom. The number of aromatic nitrogens is 2. The molecule has 238 valence electrons. The van der Waals surface area contributed by atoms with Gasteiger partial charge in [0.2, 0.25) is 0 Å². The predicted molar refractivity (Wildman–Crippen MR) is 209 cm³/mol. The molecule has 0 unspecified atom stereocenters. The fourth-order valence-electron chi connectivity index (χ4n) is 6.39. The van der Waals surface area contributed by atoms with Gasteiger partial charge in [0.25, 0.3) is 0 Å². The fourth-order valence-corrected chi connectivity index (χ4v) is 6.39. The first kappa shape index (κ1) is 30.5. The van der Waals surface area contributed by atoms with Crippen molar-refractivity contribution in [1.82, 2.24) is 9.55 Å². The van der Waals surface area contributed by atoms with E-state index < -0.39 is 0 Å². The molecular formula is C45H33N5. The number of fused-ring (bicyclic) bond motifs is 2. The summed E-state index contributed by atoms with van der Waals surface area (Å²) < 4.78 is 2.19. The Balaban J connectivity index is 1.05. The summed E-state index contributed by atoms with van der Waals surface area (Å²) in [5, 5.41) is 10.5. The first-order valence-corrected chi connectivity index (χ1v) is 16.6. The number of hydrogen-bond donors (Lipinski definition) is 1. The van der Waals surface area contributed by atoms with Crippen LogP contribution in [-0.4, -0.2) is 21.5 Å². The third kappa shape index (κ3) is 6.00. The first-order valence-electron chi connectivity index (χ1n) is 16.6. The van der Waals surface area contributed by atoms with Crippen molar-refractivity contribution < 1.29 is 0 Å². The average molecular weight is 644 g/mol. The second-order valence-electron chi connectivity index (χ2n) is 11.9. The van der Waals surface area contributed by atoms with Crippen molar-refractivity contribution in [3.8, 4) is 17.1 Å². The number of nitrogens with zero attached hydrogens (tertiary/aromatic N) is 4. The van der Waals surface area contributed by atoms with Crippen LogP contribution in [0.4, 0.5) is 17.1 Å². The van der Waals surface area contributed by atoms with Gasteiger partial charge in [-0.2, -0.15) is 0 Å². The van der Waals surface area contributed by atoms with E-state index in [4.69, 9.17) is 10.4 Å². The zero-order chi connectivity index (χ0) is 33.7. The Hall–Kier alpha value is -6.85. The van der Waals surface area contributed by atoms with Gasteiger partial charge in [0.05, 0.1) is 22.4 Å². The van der Waals surface area contributed by atoms with Crippen LogP contribution in [0.3, 0.4) is 0 Å². The van der Waals surface area contributed by atoms with Crippen molar-refractivity contribution in [2.45, 2.75) is 0 Å². The summed E-state index contributed by atoms with van der Waals surface area (Å²) in [6.45, 7) is 0. The molecule has 1 heterocycles. The molecule has 0 aliphatic carbocycles. The maximum Gasteiger partial charge on any atom is 0.145 e. The van der Waals surface area contributed by atoms with Crippen molar-refractivity contribution in [3.05, 3.63) is 193 Å². The minimum Gasteiger partial charge on any atom is -0.310 e. The third-order valence-electron chi connectivity index (χ3n) is 8.80. The van der Waals surface area contributed by atoms with Crippen LogP contribution in [-0.2, 0) is 0 Å². The van der Waals surface area contributed by atoms with E-state index in [1.54, 1.807) is 6.20 Å². The average Bonchev–Trinajstić information content (AvgIpc) is 3.58. The van der Waals surface area contributed by atoms with Crippen molar-refractivity contribution in [1.29, 1.82) is 5.41 Å². The summed E-state index contributed by atoms with van der Waals surface area (Å²) in [5.74, 6) is 0.868. The standard InChI is InChI=1S/C45H33N5/c46-32-42(35-24-26-36(27-25-35)45-48-41-19-9-10-20-44(41)50(45)38-16-5-2-6-17-38)47-31-30-33-22-28-39(29-23-33)49(37-14-3-1-4-15-37)43-21-11-13-34-12-7-8-18-40(34)43/h1-32,46H/b31-30+,46-32?,47-42+. The summed E-state index contributed by atoms with van der Waals surface area (Å²) in [6.07, 6.45) is 5.02. The molecule has 0 bridgehead atoms. The zero-order valence-corrected chi connectivity index (χ0v) is 27.3. The van der Waals surface area contributed by atoms with Crippen LogP contribution in [0.15, 0.2) is 187 Å². The molecule has 0 saturated heterocycles. The van der Waals surface area contributed by atoms with Gasteiger partial charge in [0, 0.05) is 46.0 Å². The van der Waals surface area contributed by atoms with E-state index in [-0.39, 0.29) is 0 Å². The number of imidazole rings is 1. The van der Waals surface area contributed by atoms with Gasteiger partial charge in [0.1, 0.15) is 5.82 Å². The van der Waals surface area contributed by atoms with Crippen LogP contribution in [0.25, 0.3) is 45.0 Å². The zero-order valence-electron chi connectivity index (χ0n) is 27.3. The number of rotatable bonds is 9. The van der Waals surface area contributed by atoms with Crippen LogP contribution in [0.2, 0.25) is 0 Å². The van der Waals surface area contributed by atoms with Crippen LogP contribution >= 0.6 is 0 Å². The molecule has 0 fully saturated rings. The topological polar surface area (TPSA) is 57.3 Å². The minimum absolute atomic E-state index is 0.576. The number of benzene rings is 7. The summed E-state index contributed by atoms with van der Waals surface area (Å²) >= 11 is 0. The molecule has 5 heteroatoms. The van der Waals surface area contributed by atoms with Gasteiger partial charge >= 0.3 is 0 Å². The summed E-state index contributed by atoms with van der Waals surface area (Å²) in [5.41, 5.74) is 9.78. The Labute approximate surface area is 291 Å². The Morgan fingerprint density at radius 1 is 0.620 bits per heavy atom. The smallest absolute Gasteiger partial charge is 0.145 e. The van der Waals surface area contributed by atoms with Gasteiger partial charge in [0.15, 0.2) is 0 Å². The molecule has 50 heavy (non-hydrogen) atoms. The molecule has 0 aliphatic rings. The lowest BCUT2D eigenvalue weighted by Gasteiger charge is -2.27. The third-order valence-corrected chi connectivity index (χ3v) is 8.80. The second-order valence-corrected chi connectivity index (χ2v) is 11.9. The van der Waals surface area contributed by atoms with Crippen LogP contribution in [0.1, 0.15) is 11.1 Å². The highest BCUT2D eigenvalue weighted by molar-refractivity contribution is 6.37. The van der Waals surface area contributed by atoms with E-state index in [0.717, 1.165) is 56.3 Å². The maximum absolute atomic E-state index is 8.10.